The summed E-state index contributed by atoms with van der Waals surface area (Å²) < 4.78 is 0. The molecular weight excluding hydrogens is 369 g/mol. The average Bonchev–Trinajstić information content (AvgIpc) is 2.49. The number of phenolic OH excluding ortho intramolecular Hbond substituents is 1. The molecule has 0 saturated heterocycles. The molecule has 0 fully saturated rings. The summed E-state index contributed by atoms with van der Waals surface area (Å²) in [7, 11) is 0. The van der Waals surface area contributed by atoms with Gasteiger partial charge in [-0.15, -0.1) is 0 Å². The highest BCUT2D eigenvalue weighted by atomic mass is 35.5. The highest BCUT2D eigenvalue weighted by molar-refractivity contribution is 6.44. The number of nitrogens with one attached hydrogen (secondary N) is 1. The van der Waals surface area contributed by atoms with Gasteiger partial charge < -0.3 is 10.4 Å². The first-order valence-corrected chi connectivity index (χ1v) is 9.21. The Balaban J connectivity index is 2.55. The van der Waals surface area contributed by atoms with Gasteiger partial charge in [0.15, 0.2) is 0 Å². The molecule has 0 aliphatic rings. The molecule has 26 heavy (non-hydrogen) atoms. The zero-order chi connectivity index (χ0) is 19.9. The Labute approximate surface area is 165 Å². The number of anilines is 1. The zero-order valence-electron chi connectivity index (χ0n) is 16.0. The Hall–Kier alpha value is -1.71. The molecule has 3 nitrogen and oxygen atoms in total. The molecule has 2 rings (SSSR count). The molecule has 0 aliphatic carbocycles. The molecule has 140 valence electrons. The van der Waals surface area contributed by atoms with Crippen LogP contribution < -0.4 is 5.32 Å². The van der Waals surface area contributed by atoms with Crippen molar-refractivity contribution in [3.05, 3.63) is 57.1 Å². The predicted octanol–water partition coefficient (Wildman–Crippen LogP) is 6.55. The topological polar surface area (TPSA) is 49.3 Å². The lowest BCUT2D eigenvalue weighted by atomic mass is 9.78. The van der Waals surface area contributed by atoms with Crippen LogP contribution in [0.25, 0.3) is 0 Å². The molecule has 0 atom stereocenters. The van der Waals surface area contributed by atoms with Crippen LogP contribution in [0.5, 0.6) is 5.75 Å². The van der Waals surface area contributed by atoms with E-state index in [2.05, 4.69) is 5.32 Å². The van der Waals surface area contributed by atoms with Gasteiger partial charge in [-0.25, -0.2) is 0 Å². The summed E-state index contributed by atoms with van der Waals surface area (Å²) in [4.78, 5) is 12.9. The average molecular weight is 394 g/mol. The first kappa shape index (κ1) is 20.6. The third kappa shape index (κ3) is 4.33. The lowest BCUT2D eigenvalue weighted by Crippen LogP contribution is -2.20. The van der Waals surface area contributed by atoms with Crippen LogP contribution in [0.4, 0.5) is 5.69 Å². The molecule has 0 aromatic heterocycles. The first-order chi connectivity index (χ1) is 11.8. The number of rotatable bonds is 2. The minimum Gasteiger partial charge on any atom is -0.507 e. The van der Waals surface area contributed by atoms with Crippen molar-refractivity contribution in [2.45, 2.75) is 52.4 Å². The molecule has 1 amide bonds. The van der Waals surface area contributed by atoms with Crippen molar-refractivity contribution in [1.82, 2.24) is 0 Å². The van der Waals surface area contributed by atoms with Crippen LogP contribution in [0.15, 0.2) is 30.3 Å². The van der Waals surface area contributed by atoms with E-state index in [1.165, 1.54) is 0 Å². The molecular formula is C21H25Cl2NO2. The van der Waals surface area contributed by atoms with Crippen molar-refractivity contribution >= 4 is 34.8 Å². The van der Waals surface area contributed by atoms with Gasteiger partial charge in [0.2, 0.25) is 0 Å². The van der Waals surface area contributed by atoms with Gasteiger partial charge in [-0.1, -0.05) is 70.8 Å². The van der Waals surface area contributed by atoms with Gasteiger partial charge in [0, 0.05) is 16.7 Å². The summed E-state index contributed by atoms with van der Waals surface area (Å²) in [6.07, 6.45) is 0. The highest BCUT2D eigenvalue weighted by Crippen LogP contribution is 2.40. The number of aromatic hydroxyl groups is 1. The van der Waals surface area contributed by atoms with Crippen molar-refractivity contribution in [3.63, 3.8) is 0 Å². The Kier molecular flexibility index (Phi) is 5.65. The normalized spacial score (nSPS) is 12.2. The fourth-order valence-corrected chi connectivity index (χ4v) is 3.05. The molecule has 0 saturated carbocycles. The van der Waals surface area contributed by atoms with Gasteiger partial charge in [-0.2, -0.15) is 0 Å². The lowest BCUT2D eigenvalue weighted by Gasteiger charge is -2.28. The number of benzene rings is 2. The second kappa shape index (κ2) is 7.13. The van der Waals surface area contributed by atoms with Gasteiger partial charge in [-0.3, -0.25) is 4.79 Å². The van der Waals surface area contributed by atoms with Crippen LogP contribution in [-0.4, -0.2) is 11.0 Å². The van der Waals surface area contributed by atoms with E-state index in [9.17, 15) is 9.90 Å². The van der Waals surface area contributed by atoms with E-state index >= 15 is 0 Å². The van der Waals surface area contributed by atoms with Crippen molar-refractivity contribution in [2.75, 3.05) is 5.32 Å². The van der Waals surface area contributed by atoms with Gasteiger partial charge >= 0.3 is 0 Å². The number of carbonyl (C=O) groups is 1. The van der Waals surface area contributed by atoms with Crippen LogP contribution in [0.3, 0.4) is 0 Å². The maximum absolute atomic E-state index is 12.9. The lowest BCUT2D eigenvalue weighted by molar-refractivity contribution is 0.102. The molecule has 0 spiro atoms. The number of halogens is 2. The Morgan fingerprint density at radius 3 is 1.92 bits per heavy atom. The summed E-state index contributed by atoms with van der Waals surface area (Å²) in [6.45, 7) is 12.0. The minimum atomic E-state index is -0.311. The molecule has 5 heteroatoms. The smallest absolute Gasteiger partial charge is 0.255 e. The van der Waals surface area contributed by atoms with E-state index in [0.717, 1.165) is 11.1 Å². The number of hydrogen-bond acceptors (Lipinski definition) is 2. The molecule has 0 heterocycles. The standard InChI is InChI=1S/C21H25Cl2NO2/c1-20(2,3)13-10-12(11-14(18(13)25)21(4,5)6)19(26)24-16-9-7-8-15(22)17(16)23/h7-11,25H,1-6H3,(H,24,26). The number of carbonyl (C=O) groups excluding carboxylic acids is 1. The van der Waals surface area contributed by atoms with Gasteiger partial charge in [0.1, 0.15) is 5.75 Å². The third-order valence-corrected chi connectivity index (χ3v) is 5.01. The Morgan fingerprint density at radius 1 is 0.962 bits per heavy atom. The summed E-state index contributed by atoms with van der Waals surface area (Å²) in [5.41, 5.74) is 1.75. The van der Waals surface area contributed by atoms with E-state index in [1.54, 1.807) is 30.3 Å². The largest absolute Gasteiger partial charge is 0.507 e. The van der Waals surface area contributed by atoms with Crippen molar-refractivity contribution in [1.29, 1.82) is 0 Å². The minimum absolute atomic E-state index is 0.238. The van der Waals surface area contributed by atoms with E-state index < -0.39 is 0 Å². The molecule has 2 aromatic rings. The maximum Gasteiger partial charge on any atom is 0.255 e. The van der Waals surface area contributed by atoms with Crippen LogP contribution in [0.2, 0.25) is 10.0 Å². The van der Waals surface area contributed by atoms with Gasteiger partial charge in [0.25, 0.3) is 5.91 Å². The highest BCUT2D eigenvalue weighted by Gasteiger charge is 2.28. The molecule has 0 radical (unpaired) electrons. The van der Waals surface area contributed by atoms with Crippen molar-refractivity contribution < 1.29 is 9.90 Å². The van der Waals surface area contributed by atoms with Crippen LogP contribution in [0.1, 0.15) is 63.0 Å². The van der Waals surface area contributed by atoms with E-state index in [-0.39, 0.29) is 22.5 Å². The quantitative estimate of drug-likeness (QED) is 0.607. The molecule has 0 aliphatic heterocycles. The third-order valence-electron chi connectivity index (χ3n) is 4.19. The maximum atomic E-state index is 12.9. The molecule has 0 unspecified atom stereocenters. The van der Waals surface area contributed by atoms with Crippen LogP contribution in [-0.2, 0) is 10.8 Å². The SMILES string of the molecule is CC(C)(C)c1cc(C(=O)Nc2cccc(Cl)c2Cl)cc(C(C)(C)C)c1O. The number of amides is 1. The number of phenols is 1. The summed E-state index contributed by atoms with van der Waals surface area (Å²) in [6, 6.07) is 8.55. The molecule has 0 bridgehead atoms. The molecule has 2 aromatic carbocycles. The monoisotopic (exact) mass is 393 g/mol. The van der Waals surface area contributed by atoms with Crippen LogP contribution in [0, 0.1) is 0 Å². The Bertz CT molecular complexity index is 811. The van der Waals surface area contributed by atoms with Gasteiger partial charge in [0.05, 0.1) is 15.7 Å². The molecule has 2 N–H and O–H groups in total. The number of hydrogen-bond donors (Lipinski definition) is 2. The fourth-order valence-electron chi connectivity index (χ4n) is 2.70. The van der Waals surface area contributed by atoms with E-state index in [1.807, 2.05) is 41.5 Å². The van der Waals surface area contributed by atoms with E-state index in [4.69, 9.17) is 23.2 Å². The van der Waals surface area contributed by atoms with Crippen molar-refractivity contribution in [2.24, 2.45) is 0 Å². The Morgan fingerprint density at radius 2 is 1.46 bits per heavy atom. The fraction of sp³-hybridized carbons (Fsp3) is 0.381. The van der Waals surface area contributed by atoms with Crippen molar-refractivity contribution in [3.8, 4) is 5.75 Å². The summed E-state index contributed by atoms with van der Waals surface area (Å²) in [5, 5.41) is 14.2. The second-order valence-electron chi connectivity index (χ2n) is 8.48. The van der Waals surface area contributed by atoms with E-state index in [0.29, 0.717) is 21.3 Å². The second-order valence-corrected chi connectivity index (χ2v) is 9.26. The predicted molar refractivity (Wildman–Crippen MR) is 110 cm³/mol. The van der Waals surface area contributed by atoms with Crippen LogP contribution >= 0.6 is 23.2 Å². The summed E-state index contributed by atoms with van der Waals surface area (Å²) >= 11 is 12.2. The summed E-state index contributed by atoms with van der Waals surface area (Å²) in [5.74, 6) is -0.0625. The first-order valence-electron chi connectivity index (χ1n) is 8.45. The van der Waals surface area contributed by atoms with Gasteiger partial charge in [-0.05, 0) is 35.1 Å². The zero-order valence-corrected chi connectivity index (χ0v) is 17.5.